The van der Waals surface area contributed by atoms with Crippen LogP contribution < -0.4 is 5.32 Å². The summed E-state index contributed by atoms with van der Waals surface area (Å²) in [5, 5.41) is 2.86. The van der Waals surface area contributed by atoms with Gasteiger partial charge in [-0.05, 0) is 36.6 Å². The number of carbonyl (C=O) groups is 1. The van der Waals surface area contributed by atoms with E-state index in [4.69, 9.17) is 4.74 Å². The molecule has 1 aliphatic carbocycles. The van der Waals surface area contributed by atoms with Crippen molar-refractivity contribution < 1.29 is 9.53 Å². The highest BCUT2D eigenvalue weighted by Gasteiger charge is 2.27. The van der Waals surface area contributed by atoms with E-state index in [1.807, 2.05) is 24.3 Å². The van der Waals surface area contributed by atoms with Crippen LogP contribution in [0.4, 0.5) is 4.79 Å². The Labute approximate surface area is 130 Å². The van der Waals surface area contributed by atoms with E-state index in [9.17, 15) is 4.79 Å². The Morgan fingerprint density at radius 1 is 1.33 bits per heavy atom. The molecule has 0 aromatic carbocycles. The second kappa shape index (κ2) is 6.22. The van der Waals surface area contributed by atoms with Crippen molar-refractivity contribution in [2.24, 2.45) is 0 Å². The number of hydrogen-bond donors (Lipinski definition) is 1. The number of amides is 1. The number of hydrogen-bond acceptors (Lipinski definition) is 4. The van der Waals surface area contributed by atoms with Crippen molar-refractivity contribution in [1.82, 2.24) is 15.3 Å². The number of carbonyl (C=O) groups excluding carboxylic acids is 1. The van der Waals surface area contributed by atoms with E-state index in [0.717, 1.165) is 34.3 Å². The molecule has 3 rings (SSSR count). The molecule has 6 heteroatoms. The largest absolute Gasteiger partial charge is 0.443 e. The van der Waals surface area contributed by atoms with Crippen LogP contribution in [0.5, 0.6) is 0 Å². The van der Waals surface area contributed by atoms with Crippen LogP contribution in [0.1, 0.15) is 29.4 Å². The minimum absolute atomic E-state index is 0.0891. The van der Waals surface area contributed by atoms with Gasteiger partial charge in [-0.15, -0.1) is 0 Å². The molecule has 108 valence electrons. The maximum absolute atomic E-state index is 11.9. The fraction of sp³-hybridized carbons (Fsp3) is 0.267. The summed E-state index contributed by atoms with van der Waals surface area (Å²) < 4.78 is 6.22. The van der Waals surface area contributed by atoms with Gasteiger partial charge < -0.3 is 10.1 Å². The van der Waals surface area contributed by atoms with Crippen molar-refractivity contribution in [2.75, 3.05) is 0 Å². The van der Waals surface area contributed by atoms with Gasteiger partial charge in [0.1, 0.15) is 6.61 Å². The lowest BCUT2D eigenvalue weighted by Crippen LogP contribution is -2.28. The van der Waals surface area contributed by atoms with Gasteiger partial charge in [-0.1, -0.05) is 22.0 Å². The molecule has 1 N–H and O–H groups in total. The highest BCUT2D eigenvalue weighted by Crippen LogP contribution is 2.33. The minimum atomic E-state index is -0.444. The molecule has 1 atom stereocenters. The first-order valence-corrected chi connectivity index (χ1v) is 7.50. The Hall–Kier alpha value is -1.95. The average Bonchev–Trinajstić information content (AvgIpc) is 2.91. The second-order valence-electron chi connectivity index (χ2n) is 4.79. The van der Waals surface area contributed by atoms with Crippen LogP contribution in [-0.2, 0) is 17.8 Å². The summed E-state index contributed by atoms with van der Waals surface area (Å²) in [4.78, 5) is 20.3. The highest BCUT2D eigenvalue weighted by molar-refractivity contribution is 9.10. The van der Waals surface area contributed by atoms with Gasteiger partial charge in [-0.25, -0.2) is 4.79 Å². The zero-order chi connectivity index (χ0) is 14.7. The molecular weight excluding hydrogens is 334 g/mol. The smallest absolute Gasteiger partial charge is 0.408 e. The van der Waals surface area contributed by atoms with E-state index < -0.39 is 6.09 Å². The van der Waals surface area contributed by atoms with Gasteiger partial charge in [0.15, 0.2) is 0 Å². The molecule has 1 amide bonds. The Bertz CT molecular complexity index is 649. The van der Waals surface area contributed by atoms with Crippen LogP contribution in [0.15, 0.2) is 41.1 Å². The molecule has 0 saturated heterocycles. The van der Waals surface area contributed by atoms with Crippen molar-refractivity contribution in [3.8, 4) is 0 Å². The maximum atomic E-state index is 11.9. The Balaban J connectivity index is 1.59. The monoisotopic (exact) mass is 347 g/mol. The van der Waals surface area contributed by atoms with Crippen molar-refractivity contribution in [2.45, 2.75) is 25.5 Å². The number of rotatable bonds is 3. The molecule has 2 aromatic rings. The molecule has 0 saturated carbocycles. The van der Waals surface area contributed by atoms with E-state index in [2.05, 4.69) is 31.2 Å². The summed E-state index contributed by atoms with van der Waals surface area (Å²) in [6, 6.07) is 7.33. The summed E-state index contributed by atoms with van der Waals surface area (Å²) >= 11 is 3.51. The molecule has 5 nitrogen and oxygen atoms in total. The van der Waals surface area contributed by atoms with Crippen LogP contribution in [0, 0.1) is 0 Å². The molecule has 1 unspecified atom stereocenters. The number of alkyl carbamates (subject to hydrolysis) is 1. The lowest BCUT2D eigenvalue weighted by Gasteiger charge is -2.13. The van der Waals surface area contributed by atoms with Crippen LogP contribution in [0.25, 0.3) is 0 Å². The number of nitrogens with one attached hydrogen (secondary N) is 1. The number of halogens is 1. The van der Waals surface area contributed by atoms with Gasteiger partial charge in [0.25, 0.3) is 0 Å². The standard InChI is InChI=1S/C15H14BrN3O2/c16-12-6-8-18-14-11(12)4-5-13(14)19-15(20)21-9-10-3-1-2-7-17-10/h1-3,6-8,13H,4-5,9H2,(H,19,20). The predicted molar refractivity (Wildman–Crippen MR) is 80.6 cm³/mol. The van der Waals surface area contributed by atoms with Crippen LogP contribution in [0.3, 0.4) is 0 Å². The number of ether oxygens (including phenoxy) is 1. The van der Waals surface area contributed by atoms with Crippen LogP contribution >= 0.6 is 15.9 Å². The zero-order valence-corrected chi connectivity index (χ0v) is 12.8. The predicted octanol–water partition coefficient (Wildman–Crippen LogP) is 3.15. The minimum Gasteiger partial charge on any atom is -0.443 e. The fourth-order valence-corrected chi connectivity index (χ4v) is 2.92. The van der Waals surface area contributed by atoms with Gasteiger partial charge in [0.05, 0.1) is 17.4 Å². The van der Waals surface area contributed by atoms with E-state index >= 15 is 0 Å². The molecule has 2 heterocycles. The van der Waals surface area contributed by atoms with Crippen LogP contribution in [-0.4, -0.2) is 16.1 Å². The van der Waals surface area contributed by atoms with E-state index in [1.165, 1.54) is 0 Å². The zero-order valence-electron chi connectivity index (χ0n) is 11.3. The van der Waals surface area contributed by atoms with Gasteiger partial charge in [0, 0.05) is 16.9 Å². The molecule has 0 fully saturated rings. The topological polar surface area (TPSA) is 64.1 Å². The SMILES string of the molecule is O=C(NC1CCc2c(Br)ccnc21)OCc1ccccn1. The van der Waals surface area contributed by atoms with Gasteiger partial charge in [-0.3, -0.25) is 9.97 Å². The van der Waals surface area contributed by atoms with E-state index in [-0.39, 0.29) is 12.6 Å². The normalized spacial score (nSPS) is 16.3. The quantitative estimate of drug-likeness (QED) is 0.926. The summed E-state index contributed by atoms with van der Waals surface area (Å²) in [6.07, 6.45) is 4.70. The third-order valence-corrected chi connectivity index (χ3v) is 4.16. The molecule has 0 aliphatic heterocycles. The third-order valence-electron chi connectivity index (χ3n) is 3.41. The molecule has 0 radical (unpaired) electrons. The fourth-order valence-electron chi connectivity index (χ4n) is 2.40. The number of nitrogens with zero attached hydrogens (tertiary/aromatic N) is 2. The molecule has 21 heavy (non-hydrogen) atoms. The van der Waals surface area contributed by atoms with Crippen molar-refractivity contribution in [3.05, 3.63) is 58.1 Å². The van der Waals surface area contributed by atoms with E-state index in [1.54, 1.807) is 12.4 Å². The second-order valence-corrected chi connectivity index (χ2v) is 5.64. The summed E-state index contributed by atoms with van der Waals surface area (Å²) in [5.41, 5.74) is 2.80. The Morgan fingerprint density at radius 3 is 3.05 bits per heavy atom. The summed E-state index contributed by atoms with van der Waals surface area (Å²) in [7, 11) is 0. The Morgan fingerprint density at radius 2 is 2.24 bits per heavy atom. The van der Waals surface area contributed by atoms with Crippen molar-refractivity contribution in [3.63, 3.8) is 0 Å². The molecule has 2 aromatic heterocycles. The first kappa shape index (κ1) is 14.0. The van der Waals surface area contributed by atoms with Crippen molar-refractivity contribution in [1.29, 1.82) is 0 Å². The number of aromatic nitrogens is 2. The molecule has 0 bridgehead atoms. The average molecular weight is 348 g/mol. The highest BCUT2D eigenvalue weighted by atomic mass is 79.9. The summed E-state index contributed by atoms with van der Waals surface area (Å²) in [6.45, 7) is 0.165. The van der Waals surface area contributed by atoms with Gasteiger partial charge in [0.2, 0.25) is 0 Å². The Kier molecular flexibility index (Phi) is 4.15. The first-order chi connectivity index (χ1) is 10.2. The van der Waals surface area contributed by atoms with E-state index in [0.29, 0.717) is 0 Å². The van der Waals surface area contributed by atoms with Gasteiger partial charge in [-0.2, -0.15) is 0 Å². The first-order valence-electron chi connectivity index (χ1n) is 6.70. The number of pyridine rings is 2. The maximum Gasteiger partial charge on any atom is 0.408 e. The number of fused-ring (bicyclic) bond motifs is 1. The lowest BCUT2D eigenvalue weighted by atomic mass is 10.2. The van der Waals surface area contributed by atoms with Crippen LogP contribution in [0.2, 0.25) is 0 Å². The molecular formula is C15H14BrN3O2. The van der Waals surface area contributed by atoms with Crippen molar-refractivity contribution >= 4 is 22.0 Å². The lowest BCUT2D eigenvalue weighted by molar-refractivity contribution is 0.134. The molecule has 1 aliphatic rings. The van der Waals surface area contributed by atoms with Gasteiger partial charge >= 0.3 is 6.09 Å². The summed E-state index contributed by atoms with van der Waals surface area (Å²) in [5.74, 6) is 0. The molecule has 0 spiro atoms. The third kappa shape index (κ3) is 3.21.